The van der Waals surface area contributed by atoms with Crippen molar-refractivity contribution < 1.29 is 9.59 Å². The van der Waals surface area contributed by atoms with Crippen LogP contribution in [0.5, 0.6) is 0 Å². The normalized spacial score (nSPS) is 16.3. The van der Waals surface area contributed by atoms with Crippen LogP contribution in [-0.4, -0.2) is 65.2 Å². The van der Waals surface area contributed by atoms with Gasteiger partial charge in [0.25, 0.3) is 0 Å². The third-order valence-electron chi connectivity index (χ3n) is 5.74. The summed E-state index contributed by atoms with van der Waals surface area (Å²) in [5.41, 5.74) is 3.01. The number of Topliss-reactive ketones (excluding diaryl/α,β-unsaturated/α-hetero) is 1. The molecule has 1 aliphatic carbocycles. The molecule has 1 aromatic carbocycles. The Kier molecular flexibility index (Phi) is 6.43. The van der Waals surface area contributed by atoms with Gasteiger partial charge in [0.1, 0.15) is 5.03 Å². The average Bonchev–Trinajstić information content (AvgIpc) is 3.23. The molecule has 2 heterocycles. The number of carbonyl (C=O) groups is 2. The number of amides is 1. The number of ketones is 1. The fourth-order valence-electron chi connectivity index (χ4n) is 4.06. The average molecular weight is 442 g/mol. The van der Waals surface area contributed by atoms with Gasteiger partial charge in [-0.3, -0.25) is 9.59 Å². The SMILES string of the molecule is CC(=O)c1cccc(NC(=O)CSc2nc(=O)n(N3CCN(C)CC3)c3c2CCC3)c1. The quantitative estimate of drug-likeness (QED) is 0.413. The molecule has 8 nitrogen and oxygen atoms in total. The van der Waals surface area contributed by atoms with Gasteiger partial charge in [0.15, 0.2) is 5.78 Å². The molecule has 0 radical (unpaired) electrons. The van der Waals surface area contributed by atoms with Gasteiger partial charge < -0.3 is 15.2 Å². The van der Waals surface area contributed by atoms with Gasteiger partial charge in [0, 0.05) is 43.0 Å². The molecule has 0 bridgehead atoms. The van der Waals surface area contributed by atoms with Crippen LogP contribution in [0.25, 0.3) is 0 Å². The molecule has 0 unspecified atom stereocenters. The van der Waals surface area contributed by atoms with Crippen LogP contribution >= 0.6 is 11.8 Å². The molecule has 1 amide bonds. The molecule has 31 heavy (non-hydrogen) atoms. The Hall–Kier alpha value is -2.65. The van der Waals surface area contributed by atoms with Gasteiger partial charge >= 0.3 is 5.69 Å². The highest BCUT2D eigenvalue weighted by molar-refractivity contribution is 8.00. The minimum absolute atomic E-state index is 0.0499. The Morgan fingerprint density at radius 2 is 1.94 bits per heavy atom. The van der Waals surface area contributed by atoms with E-state index in [1.54, 1.807) is 28.9 Å². The molecule has 0 atom stereocenters. The minimum atomic E-state index is -0.262. The number of piperazine rings is 1. The lowest BCUT2D eigenvalue weighted by Crippen LogP contribution is -2.54. The van der Waals surface area contributed by atoms with Crippen molar-refractivity contribution in [1.82, 2.24) is 14.6 Å². The first kappa shape index (κ1) is 21.6. The third-order valence-corrected chi connectivity index (χ3v) is 6.75. The maximum Gasteiger partial charge on any atom is 0.367 e. The van der Waals surface area contributed by atoms with Crippen molar-refractivity contribution in [1.29, 1.82) is 0 Å². The Labute approximate surface area is 185 Å². The molecule has 1 saturated heterocycles. The van der Waals surface area contributed by atoms with Gasteiger partial charge in [-0.25, -0.2) is 9.47 Å². The first-order valence-corrected chi connectivity index (χ1v) is 11.5. The van der Waals surface area contributed by atoms with Gasteiger partial charge in [0.05, 0.1) is 11.4 Å². The highest BCUT2D eigenvalue weighted by Crippen LogP contribution is 2.29. The van der Waals surface area contributed by atoms with Crippen LogP contribution in [0.3, 0.4) is 0 Å². The maximum absolute atomic E-state index is 12.9. The molecule has 1 N–H and O–H groups in total. The zero-order valence-electron chi connectivity index (χ0n) is 17.9. The zero-order valence-corrected chi connectivity index (χ0v) is 18.7. The van der Waals surface area contributed by atoms with Crippen LogP contribution in [0.2, 0.25) is 0 Å². The second-order valence-electron chi connectivity index (χ2n) is 8.02. The predicted octanol–water partition coefficient (Wildman–Crippen LogP) is 1.55. The van der Waals surface area contributed by atoms with E-state index < -0.39 is 0 Å². The monoisotopic (exact) mass is 441 g/mol. The van der Waals surface area contributed by atoms with E-state index in [9.17, 15) is 14.4 Å². The van der Waals surface area contributed by atoms with E-state index in [1.165, 1.54) is 18.7 Å². The smallest absolute Gasteiger partial charge is 0.325 e. The number of anilines is 1. The summed E-state index contributed by atoms with van der Waals surface area (Å²) in [5, 5.41) is 5.58. The molecule has 9 heteroatoms. The highest BCUT2D eigenvalue weighted by Gasteiger charge is 2.26. The summed E-state index contributed by atoms with van der Waals surface area (Å²) in [4.78, 5) is 43.5. The van der Waals surface area contributed by atoms with Crippen molar-refractivity contribution in [2.45, 2.75) is 31.2 Å². The largest absolute Gasteiger partial charge is 0.367 e. The first-order chi connectivity index (χ1) is 14.9. The Bertz CT molecular complexity index is 1060. The molecule has 0 saturated carbocycles. The van der Waals surface area contributed by atoms with Gasteiger partial charge in [-0.15, -0.1) is 0 Å². The van der Waals surface area contributed by atoms with E-state index in [2.05, 4.69) is 27.3 Å². The minimum Gasteiger partial charge on any atom is -0.325 e. The molecular formula is C22H27N5O3S. The number of aromatic nitrogens is 2. The fourth-order valence-corrected chi connectivity index (χ4v) is 4.94. The lowest BCUT2D eigenvalue weighted by molar-refractivity contribution is -0.113. The van der Waals surface area contributed by atoms with Crippen LogP contribution < -0.4 is 16.0 Å². The van der Waals surface area contributed by atoms with Crippen molar-refractivity contribution in [3.8, 4) is 0 Å². The molecule has 2 aliphatic rings. The van der Waals surface area contributed by atoms with Crippen molar-refractivity contribution >= 4 is 29.1 Å². The van der Waals surface area contributed by atoms with E-state index in [0.717, 1.165) is 56.7 Å². The molecule has 2 aromatic rings. The van der Waals surface area contributed by atoms with Gasteiger partial charge in [-0.1, -0.05) is 23.9 Å². The second-order valence-corrected chi connectivity index (χ2v) is 8.98. The van der Waals surface area contributed by atoms with E-state index in [1.807, 2.05) is 0 Å². The Morgan fingerprint density at radius 1 is 1.16 bits per heavy atom. The van der Waals surface area contributed by atoms with Crippen LogP contribution in [-0.2, 0) is 17.6 Å². The summed E-state index contributed by atoms with van der Waals surface area (Å²) in [6.45, 7) is 4.94. The lowest BCUT2D eigenvalue weighted by atomic mass is 10.1. The molecule has 0 spiro atoms. The third kappa shape index (κ3) is 4.83. The lowest BCUT2D eigenvalue weighted by Gasteiger charge is -2.35. The predicted molar refractivity (Wildman–Crippen MR) is 122 cm³/mol. The number of hydrogen-bond donors (Lipinski definition) is 1. The van der Waals surface area contributed by atoms with Crippen molar-refractivity contribution in [3.05, 3.63) is 51.6 Å². The van der Waals surface area contributed by atoms with Crippen molar-refractivity contribution in [2.75, 3.05) is 49.3 Å². The van der Waals surface area contributed by atoms with E-state index in [0.29, 0.717) is 16.3 Å². The molecular weight excluding hydrogens is 414 g/mol. The second kappa shape index (κ2) is 9.23. The number of nitrogens with one attached hydrogen (secondary N) is 1. The number of nitrogens with zero attached hydrogens (tertiary/aromatic N) is 4. The van der Waals surface area contributed by atoms with Crippen LogP contribution in [0.1, 0.15) is 35.0 Å². The topological polar surface area (TPSA) is 87.5 Å². The van der Waals surface area contributed by atoms with Crippen molar-refractivity contribution in [2.24, 2.45) is 0 Å². The number of likely N-dealkylation sites (N-methyl/N-ethyl adjacent to an activating group) is 1. The van der Waals surface area contributed by atoms with Gasteiger partial charge in [-0.05, 0) is 45.4 Å². The van der Waals surface area contributed by atoms with Crippen molar-refractivity contribution in [3.63, 3.8) is 0 Å². The Balaban J connectivity index is 1.47. The number of fused-ring (bicyclic) bond motifs is 1. The molecule has 4 rings (SSSR count). The standard InChI is InChI=1S/C22H27N5O3S/c1-15(28)16-5-3-6-17(13-16)23-20(29)14-31-21-18-7-4-8-19(18)27(22(30)24-21)26-11-9-25(2)10-12-26/h3,5-6,13H,4,7-12,14H2,1-2H3,(H,23,29). The summed E-state index contributed by atoms with van der Waals surface area (Å²) in [7, 11) is 2.09. The summed E-state index contributed by atoms with van der Waals surface area (Å²) in [6, 6.07) is 6.88. The van der Waals surface area contributed by atoms with Gasteiger partial charge in [0.2, 0.25) is 5.91 Å². The molecule has 1 aromatic heterocycles. The maximum atomic E-state index is 12.9. The first-order valence-electron chi connectivity index (χ1n) is 10.5. The van der Waals surface area contributed by atoms with E-state index in [4.69, 9.17) is 0 Å². The molecule has 1 aliphatic heterocycles. The van der Waals surface area contributed by atoms with Crippen LogP contribution in [0, 0.1) is 0 Å². The Morgan fingerprint density at radius 3 is 2.68 bits per heavy atom. The van der Waals surface area contributed by atoms with E-state index >= 15 is 0 Å². The van der Waals surface area contributed by atoms with E-state index in [-0.39, 0.29) is 23.1 Å². The molecule has 164 valence electrons. The summed E-state index contributed by atoms with van der Waals surface area (Å²) >= 11 is 1.30. The number of thioether (sulfide) groups is 1. The summed E-state index contributed by atoms with van der Waals surface area (Å²) < 4.78 is 1.77. The number of hydrogen-bond acceptors (Lipinski definition) is 7. The zero-order chi connectivity index (χ0) is 22.0. The number of carbonyl (C=O) groups excluding carboxylic acids is 2. The van der Waals surface area contributed by atoms with Gasteiger partial charge in [-0.2, -0.15) is 4.98 Å². The highest BCUT2D eigenvalue weighted by atomic mass is 32.2. The molecule has 1 fully saturated rings. The van der Waals surface area contributed by atoms with Crippen LogP contribution in [0.15, 0.2) is 34.1 Å². The fraction of sp³-hybridized carbons (Fsp3) is 0.455. The summed E-state index contributed by atoms with van der Waals surface area (Å²) in [5.74, 6) is -0.0875. The summed E-state index contributed by atoms with van der Waals surface area (Å²) in [6.07, 6.45) is 2.73. The number of benzene rings is 1. The van der Waals surface area contributed by atoms with Crippen LogP contribution in [0.4, 0.5) is 5.69 Å². The number of rotatable bonds is 6.